The van der Waals surface area contributed by atoms with E-state index in [0.717, 1.165) is 18.1 Å². The highest BCUT2D eigenvalue weighted by atomic mass is 127. The van der Waals surface area contributed by atoms with E-state index in [2.05, 4.69) is 47.7 Å². The van der Waals surface area contributed by atoms with Crippen LogP contribution >= 0.6 is 34.0 Å². The Morgan fingerprint density at radius 2 is 2.10 bits per heavy atom. The third kappa shape index (κ3) is 3.76. The van der Waals surface area contributed by atoms with Gasteiger partial charge in [-0.3, -0.25) is 0 Å². The highest BCUT2D eigenvalue weighted by Crippen LogP contribution is 2.17. The van der Waals surface area contributed by atoms with E-state index in [1.165, 1.54) is 0 Å². The van der Waals surface area contributed by atoms with Crippen LogP contribution in [-0.4, -0.2) is 22.4 Å². The van der Waals surface area contributed by atoms with Crippen LogP contribution in [0, 0.1) is 0 Å². The molecule has 0 heterocycles. The molecule has 0 aliphatic carbocycles. The van der Waals surface area contributed by atoms with Gasteiger partial charge in [-0.05, 0) is 13.8 Å². The summed E-state index contributed by atoms with van der Waals surface area (Å²) in [5, 5.41) is 1.14. The Morgan fingerprint density at radius 1 is 1.60 bits per heavy atom. The van der Waals surface area contributed by atoms with Gasteiger partial charge in [0.25, 0.3) is 4.41 Å². The predicted molar refractivity (Wildman–Crippen MR) is 59.4 cm³/mol. The molecule has 0 aliphatic heterocycles. The van der Waals surface area contributed by atoms with E-state index in [9.17, 15) is 0 Å². The third-order valence-electron chi connectivity index (χ3n) is 1.30. The van der Waals surface area contributed by atoms with Gasteiger partial charge in [-0.15, -0.1) is 22.4 Å². The molecule has 0 aliphatic rings. The summed E-state index contributed by atoms with van der Waals surface area (Å²) in [5.74, 6) is 0. The fourth-order valence-electron chi connectivity index (χ4n) is 0.702. The van der Waals surface area contributed by atoms with E-state index in [0.29, 0.717) is 0 Å². The zero-order valence-electron chi connectivity index (χ0n) is 6.43. The van der Waals surface area contributed by atoms with Crippen molar-refractivity contribution < 1.29 is 0 Å². The highest BCUT2D eigenvalue weighted by molar-refractivity contribution is 14.1. The summed E-state index contributed by atoms with van der Waals surface area (Å²) in [7, 11) is 0. The van der Waals surface area contributed by atoms with Crippen molar-refractivity contribution in [2.75, 3.05) is 13.1 Å². The van der Waals surface area contributed by atoms with E-state index in [1.807, 2.05) is 4.41 Å². The molecule has 0 fully saturated rings. The Hall–Kier alpha value is 0.685. The molecule has 0 aromatic heterocycles. The van der Waals surface area contributed by atoms with Gasteiger partial charge in [0.05, 0.1) is 5.03 Å². The molecule has 0 N–H and O–H groups in total. The number of hydrogen-bond acceptors (Lipinski definition) is 2. The lowest BCUT2D eigenvalue weighted by Gasteiger charge is -2.21. The van der Waals surface area contributed by atoms with Crippen molar-refractivity contribution in [3.05, 3.63) is 11.6 Å². The van der Waals surface area contributed by atoms with Crippen LogP contribution < -0.4 is 0 Å². The Kier molecular flexibility index (Phi) is 6.84. The van der Waals surface area contributed by atoms with E-state index in [-0.39, 0.29) is 0 Å². The van der Waals surface area contributed by atoms with Crippen molar-refractivity contribution in [1.29, 1.82) is 0 Å². The first-order valence-electron chi connectivity index (χ1n) is 3.28. The first kappa shape index (κ1) is 10.7. The quantitative estimate of drug-likeness (QED) is 0.556. The van der Waals surface area contributed by atoms with E-state index in [4.69, 9.17) is 0 Å². The van der Waals surface area contributed by atoms with Gasteiger partial charge in [0.1, 0.15) is 0 Å². The second kappa shape index (κ2) is 6.40. The van der Waals surface area contributed by atoms with Gasteiger partial charge in [0, 0.05) is 13.1 Å². The van der Waals surface area contributed by atoms with Crippen molar-refractivity contribution >= 4 is 38.4 Å². The fraction of sp³-hybridized carbons (Fsp3) is 0.667. The number of rotatable bonds is 5. The summed E-state index contributed by atoms with van der Waals surface area (Å²) in [6, 6.07) is 0. The average molecular weight is 268 g/mol. The molecule has 0 spiro atoms. The lowest BCUT2D eigenvalue weighted by Crippen LogP contribution is -2.19. The Morgan fingerprint density at radius 3 is 2.40 bits per heavy atom. The topological polar surface area (TPSA) is 3.24 Å². The molecular weight excluding hydrogens is 256 g/mol. The lowest BCUT2D eigenvalue weighted by atomic mass is 10.5. The van der Waals surface area contributed by atoms with Crippen LogP contribution in [-0.2, 0) is 0 Å². The minimum atomic E-state index is 1.05. The Labute approximate surface area is 81.6 Å². The lowest BCUT2D eigenvalue weighted by molar-refractivity contribution is 0.411. The molecule has 10 heavy (non-hydrogen) atoms. The minimum absolute atomic E-state index is 1.05. The molecule has 0 amide bonds. The summed E-state index contributed by atoms with van der Waals surface area (Å²) < 4.78 is 2.03. The molecule has 0 rings (SSSR count). The molecule has 57 valence electrons. The number of nitrogens with zero attached hydrogens (tertiary/aromatic N) is 1. The molecule has 0 saturated heterocycles. The number of halogens is 1. The number of hydrogen-bond donors (Lipinski definition) is 0. The Balaban J connectivity index is 3.65. The van der Waals surface area contributed by atoms with Crippen LogP contribution in [0.25, 0.3) is 0 Å². The van der Waals surface area contributed by atoms with Crippen molar-refractivity contribution in [3.63, 3.8) is 0 Å². The predicted octanol–water partition coefficient (Wildman–Crippen LogP) is 2.50. The second-order valence-electron chi connectivity index (χ2n) is 1.77. The van der Waals surface area contributed by atoms with Gasteiger partial charge < -0.3 is 4.90 Å². The van der Waals surface area contributed by atoms with E-state index >= 15 is 0 Å². The van der Waals surface area contributed by atoms with Gasteiger partial charge in [0.2, 0.25) is 0 Å². The second-order valence-corrected chi connectivity index (χ2v) is 4.18. The monoisotopic (exact) mass is 268 g/mol. The molecule has 1 radical (unpaired) electrons. The van der Waals surface area contributed by atoms with Crippen molar-refractivity contribution in [2.24, 2.45) is 0 Å². The van der Waals surface area contributed by atoms with E-state index in [1.54, 1.807) is 11.6 Å². The summed E-state index contributed by atoms with van der Waals surface area (Å²) >= 11 is 3.90. The molecule has 4 heteroatoms. The van der Waals surface area contributed by atoms with Crippen LogP contribution in [0.5, 0.6) is 0 Å². The summed E-state index contributed by atoms with van der Waals surface area (Å²) in [6.07, 6.45) is 0. The molecular formula is C6H12BINS. The molecule has 0 unspecified atom stereocenters. The molecule has 0 bridgehead atoms. The smallest absolute Gasteiger partial charge is 0.284 e. The van der Waals surface area contributed by atoms with Crippen LogP contribution in [0.4, 0.5) is 0 Å². The highest BCUT2D eigenvalue weighted by Gasteiger charge is 2.01. The molecule has 0 saturated carbocycles. The molecule has 1 nitrogen and oxygen atoms in total. The van der Waals surface area contributed by atoms with Gasteiger partial charge >= 0.3 is 0 Å². The van der Waals surface area contributed by atoms with Crippen LogP contribution in [0.2, 0.25) is 0 Å². The van der Waals surface area contributed by atoms with Crippen LogP contribution in [0.3, 0.4) is 0 Å². The summed E-state index contributed by atoms with van der Waals surface area (Å²) in [6.45, 7) is 10.3. The Bertz CT molecular complexity index is 106. The summed E-state index contributed by atoms with van der Waals surface area (Å²) in [4.78, 5) is 2.24. The zero-order valence-corrected chi connectivity index (χ0v) is 9.41. The van der Waals surface area contributed by atoms with E-state index < -0.39 is 0 Å². The van der Waals surface area contributed by atoms with Gasteiger partial charge in [-0.1, -0.05) is 6.58 Å². The van der Waals surface area contributed by atoms with Crippen LogP contribution in [0.15, 0.2) is 11.6 Å². The first-order valence-corrected chi connectivity index (χ1v) is 5.41. The van der Waals surface area contributed by atoms with Crippen molar-refractivity contribution in [1.82, 2.24) is 4.90 Å². The third-order valence-corrected chi connectivity index (χ3v) is 2.68. The molecule has 0 aromatic carbocycles. The average Bonchev–Trinajstić information content (AvgIpc) is 1.91. The largest absolute Gasteiger partial charge is 0.368 e. The standard InChI is InChI=1S/C6H12BINS/c1-4-9(5-2)6(3)10-7-8/h3-5H2,1-2H3. The van der Waals surface area contributed by atoms with Crippen molar-refractivity contribution in [3.8, 4) is 0 Å². The van der Waals surface area contributed by atoms with Gasteiger partial charge in [0.15, 0.2) is 0 Å². The zero-order chi connectivity index (χ0) is 7.98. The maximum Gasteiger partial charge on any atom is 0.284 e. The van der Waals surface area contributed by atoms with Gasteiger partial charge in [-0.25, -0.2) is 0 Å². The summed E-state index contributed by atoms with van der Waals surface area (Å²) in [5.41, 5.74) is 0. The maximum atomic E-state index is 3.94. The maximum absolute atomic E-state index is 3.94. The van der Waals surface area contributed by atoms with Crippen molar-refractivity contribution in [2.45, 2.75) is 13.8 Å². The molecule has 0 aromatic rings. The minimum Gasteiger partial charge on any atom is -0.368 e. The normalized spacial score (nSPS) is 9.10. The SMILES string of the molecule is C=C(S[B]I)N(CC)CC. The van der Waals surface area contributed by atoms with Gasteiger partial charge in [-0.2, -0.15) is 11.6 Å². The molecule has 0 atom stereocenters. The van der Waals surface area contributed by atoms with Crippen LogP contribution in [0.1, 0.15) is 13.8 Å². The first-order chi connectivity index (χ1) is 4.76. The fourth-order valence-corrected chi connectivity index (χ4v) is 2.09.